The summed E-state index contributed by atoms with van der Waals surface area (Å²) < 4.78 is 1.39. The Kier molecular flexibility index (Phi) is 3.66. The van der Waals surface area contributed by atoms with Gasteiger partial charge in [0.15, 0.2) is 0 Å². The van der Waals surface area contributed by atoms with Crippen molar-refractivity contribution in [3.8, 4) is 0 Å². The maximum atomic E-state index is 11.7. The molecule has 1 aromatic heterocycles. The molecule has 0 bridgehead atoms. The van der Waals surface area contributed by atoms with Crippen molar-refractivity contribution in [2.45, 2.75) is 26.3 Å². The first-order chi connectivity index (χ1) is 7.06. The van der Waals surface area contributed by atoms with Crippen LogP contribution < -0.4 is 10.9 Å². The Morgan fingerprint density at radius 2 is 2.27 bits per heavy atom. The van der Waals surface area contributed by atoms with E-state index in [2.05, 4.69) is 5.32 Å². The third-order valence-corrected chi connectivity index (χ3v) is 2.36. The summed E-state index contributed by atoms with van der Waals surface area (Å²) in [6.07, 6.45) is 2.47. The normalized spacial score (nSPS) is 12.2. The minimum Gasteiger partial charge on any atom is -0.349 e. The van der Waals surface area contributed by atoms with Gasteiger partial charge >= 0.3 is 0 Å². The zero-order valence-corrected chi connectivity index (χ0v) is 9.28. The molecule has 82 valence electrons. The maximum absolute atomic E-state index is 11.7. The number of nitrogens with one attached hydrogen (secondary N) is 1. The van der Waals surface area contributed by atoms with Gasteiger partial charge in [-0.3, -0.25) is 9.59 Å². The number of hydrogen-bond donors (Lipinski definition) is 1. The monoisotopic (exact) mass is 208 g/mol. The number of pyridine rings is 1. The van der Waals surface area contributed by atoms with Crippen LogP contribution in [0.5, 0.6) is 0 Å². The van der Waals surface area contributed by atoms with Crippen molar-refractivity contribution in [1.29, 1.82) is 0 Å². The summed E-state index contributed by atoms with van der Waals surface area (Å²) in [6, 6.07) is 3.31. The first-order valence-corrected chi connectivity index (χ1v) is 5.02. The van der Waals surface area contributed by atoms with E-state index in [1.807, 2.05) is 13.8 Å². The number of amides is 1. The molecule has 0 radical (unpaired) electrons. The van der Waals surface area contributed by atoms with Crippen LogP contribution >= 0.6 is 0 Å². The van der Waals surface area contributed by atoms with E-state index in [0.717, 1.165) is 6.42 Å². The second-order valence-electron chi connectivity index (χ2n) is 3.62. The highest BCUT2D eigenvalue weighted by atomic mass is 16.2. The molecule has 1 aromatic rings. The van der Waals surface area contributed by atoms with Crippen LogP contribution in [0, 0.1) is 0 Å². The van der Waals surface area contributed by atoms with Crippen molar-refractivity contribution in [2.24, 2.45) is 7.05 Å². The lowest BCUT2D eigenvalue weighted by Gasteiger charge is -2.11. The molecule has 0 spiro atoms. The highest BCUT2D eigenvalue weighted by molar-refractivity contribution is 5.93. The predicted molar refractivity (Wildman–Crippen MR) is 58.9 cm³/mol. The fraction of sp³-hybridized carbons (Fsp3) is 0.455. The summed E-state index contributed by atoms with van der Waals surface area (Å²) in [5.41, 5.74) is -0.0707. The molecule has 0 aromatic carbocycles. The zero-order chi connectivity index (χ0) is 11.4. The maximum Gasteiger partial charge on any atom is 0.263 e. The summed E-state index contributed by atoms with van der Waals surface area (Å²) >= 11 is 0. The van der Waals surface area contributed by atoms with Crippen LogP contribution in [0.3, 0.4) is 0 Å². The largest absolute Gasteiger partial charge is 0.349 e. The number of carbonyl (C=O) groups excluding carboxylic acids is 1. The number of nitrogens with zero attached hydrogens (tertiary/aromatic N) is 1. The van der Waals surface area contributed by atoms with E-state index < -0.39 is 0 Å². The lowest BCUT2D eigenvalue weighted by Crippen LogP contribution is -2.36. The number of hydrogen-bond acceptors (Lipinski definition) is 2. The van der Waals surface area contributed by atoms with E-state index in [1.54, 1.807) is 25.4 Å². The summed E-state index contributed by atoms with van der Waals surface area (Å²) in [4.78, 5) is 23.2. The minimum absolute atomic E-state index is 0.0856. The van der Waals surface area contributed by atoms with Crippen LogP contribution in [0.15, 0.2) is 23.1 Å². The Morgan fingerprint density at radius 1 is 1.60 bits per heavy atom. The first kappa shape index (κ1) is 11.5. The van der Waals surface area contributed by atoms with Crippen molar-refractivity contribution in [3.05, 3.63) is 34.2 Å². The lowest BCUT2D eigenvalue weighted by molar-refractivity contribution is 0.0937. The van der Waals surface area contributed by atoms with Gasteiger partial charge in [-0.25, -0.2) is 0 Å². The average molecular weight is 208 g/mol. The Morgan fingerprint density at radius 3 is 2.87 bits per heavy atom. The van der Waals surface area contributed by atoms with Gasteiger partial charge in [-0.05, 0) is 25.5 Å². The molecule has 0 saturated heterocycles. The molecule has 1 N–H and O–H groups in total. The molecule has 4 heteroatoms. The molecule has 4 nitrogen and oxygen atoms in total. The molecule has 1 heterocycles. The van der Waals surface area contributed by atoms with E-state index in [9.17, 15) is 9.59 Å². The summed E-state index contributed by atoms with van der Waals surface area (Å²) in [6.45, 7) is 3.89. The lowest BCUT2D eigenvalue weighted by atomic mass is 10.2. The van der Waals surface area contributed by atoms with Crippen LogP contribution in [0.1, 0.15) is 30.6 Å². The van der Waals surface area contributed by atoms with Crippen LogP contribution in [0.2, 0.25) is 0 Å². The zero-order valence-electron chi connectivity index (χ0n) is 9.28. The van der Waals surface area contributed by atoms with Crippen molar-refractivity contribution < 1.29 is 4.79 Å². The van der Waals surface area contributed by atoms with Crippen molar-refractivity contribution in [1.82, 2.24) is 9.88 Å². The van der Waals surface area contributed by atoms with Gasteiger partial charge in [-0.1, -0.05) is 6.92 Å². The van der Waals surface area contributed by atoms with Crippen LogP contribution in [-0.4, -0.2) is 16.5 Å². The van der Waals surface area contributed by atoms with Gasteiger partial charge in [0.1, 0.15) is 5.56 Å². The highest BCUT2D eigenvalue weighted by Gasteiger charge is 2.12. The number of rotatable bonds is 3. The van der Waals surface area contributed by atoms with Crippen molar-refractivity contribution >= 4 is 5.91 Å². The summed E-state index contributed by atoms with van der Waals surface area (Å²) in [7, 11) is 1.63. The fourth-order valence-corrected chi connectivity index (χ4v) is 1.17. The fourth-order valence-electron chi connectivity index (χ4n) is 1.17. The van der Waals surface area contributed by atoms with Gasteiger partial charge in [0.2, 0.25) is 0 Å². The summed E-state index contributed by atoms with van der Waals surface area (Å²) in [5.74, 6) is -0.300. The predicted octanol–water partition coefficient (Wildman–Crippen LogP) is 0.914. The SMILES string of the molecule is CCC(C)NC(=O)c1cccn(C)c1=O. The van der Waals surface area contributed by atoms with E-state index >= 15 is 0 Å². The van der Waals surface area contributed by atoms with E-state index in [4.69, 9.17) is 0 Å². The molecule has 15 heavy (non-hydrogen) atoms. The molecule has 0 saturated carbocycles. The van der Waals surface area contributed by atoms with Crippen LogP contribution in [-0.2, 0) is 7.05 Å². The Bertz CT molecular complexity index is 409. The molecular formula is C11H16N2O2. The molecule has 1 atom stereocenters. The third kappa shape index (κ3) is 2.68. The standard InChI is InChI=1S/C11H16N2O2/c1-4-8(2)12-10(14)9-6-5-7-13(3)11(9)15/h5-8H,4H2,1-3H3,(H,12,14). The molecule has 0 aliphatic rings. The van der Waals surface area contributed by atoms with Gasteiger partial charge in [0.25, 0.3) is 11.5 Å². The number of aryl methyl sites for hydroxylation is 1. The quantitative estimate of drug-likeness (QED) is 0.802. The molecular weight excluding hydrogens is 192 g/mol. The molecule has 1 rings (SSSR count). The first-order valence-electron chi connectivity index (χ1n) is 5.02. The second-order valence-corrected chi connectivity index (χ2v) is 3.62. The van der Waals surface area contributed by atoms with Crippen LogP contribution in [0.4, 0.5) is 0 Å². The Hall–Kier alpha value is -1.58. The number of aromatic nitrogens is 1. The van der Waals surface area contributed by atoms with Gasteiger partial charge in [0, 0.05) is 19.3 Å². The van der Waals surface area contributed by atoms with Gasteiger partial charge < -0.3 is 9.88 Å². The average Bonchev–Trinajstić information content (AvgIpc) is 2.21. The minimum atomic E-state index is -0.300. The Balaban J connectivity index is 2.92. The summed E-state index contributed by atoms with van der Waals surface area (Å²) in [5, 5.41) is 2.76. The molecule has 0 fully saturated rings. The van der Waals surface area contributed by atoms with Gasteiger partial charge in [0.05, 0.1) is 0 Å². The van der Waals surface area contributed by atoms with E-state index in [-0.39, 0.29) is 23.1 Å². The third-order valence-electron chi connectivity index (χ3n) is 2.36. The van der Waals surface area contributed by atoms with Crippen molar-refractivity contribution in [2.75, 3.05) is 0 Å². The highest BCUT2D eigenvalue weighted by Crippen LogP contribution is 1.94. The molecule has 0 aliphatic carbocycles. The van der Waals surface area contributed by atoms with E-state index in [0.29, 0.717) is 0 Å². The molecule has 1 amide bonds. The van der Waals surface area contributed by atoms with Crippen molar-refractivity contribution in [3.63, 3.8) is 0 Å². The number of carbonyl (C=O) groups is 1. The topological polar surface area (TPSA) is 51.1 Å². The van der Waals surface area contributed by atoms with Gasteiger partial charge in [-0.15, -0.1) is 0 Å². The smallest absolute Gasteiger partial charge is 0.263 e. The van der Waals surface area contributed by atoms with Gasteiger partial charge in [-0.2, -0.15) is 0 Å². The molecule has 1 unspecified atom stereocenters. The Labute approximate surface area is 88.9 Å². The molecule has 0 aliphatic heterocycles. The second kappa shape index (κ2) is 4.77. The van der Waals surface area contributed by atoms with Crippen LogP contribution in [0.25, 0.3) is 0 Å². The van der Waals surface area contributed by atoms with E-state index in [1.165, 1.54) is 4.57 Å².